The molecule has 100 valence electrons. The van der Waals surface area contributed by atoms with Gasteiger partial charge in [-0.15, -0.1) is 11.8 Å². The summed E-state index contributed by atoms with van der Waals surface area (Å²) < 4.78 is 0. The molecule has 0 fully saturated rings. The van der Waals surface area contributed by atoms with Crippen molar-refractivity contribution in [3.8, 4) is 0 Å². The summed E-state index contributed by atoms with van der Waals surface area (Å²) in [6.07, 6.45) is 1.11. The van der Waals surface area contributed by atoms with Gasteiger partial charge in [0.25, 0.3) is 5.69 Å². The Bertz CT molecular complexity index is 408. The third-order valence-corrected chi connectivity index (χ3v) is 3.46. The number of nitrogens with zero attached hydrogens (tertiary/aromatic N) is 1. The van der Waals surface area contributed by atoms with Crippen molar-refractivity contribution in [2.45, 2.75) is 32.1 Å². The van der Waals surface area contributed by atoms with Gasteiger partial charge in [0.1, 0.15) is 0 Å². The van der Waals surface area contributed by atoms with Crippen LogP contribution in [0.1, 0.15) is 27.2 Å². The van der Waals surface area contributed by atoms with Gasteiger partial charge < -0.3 is 5.32 Å². The predicted octanol–water partition coefficient (Wildman–Crippen LogP) is 4.16. The quantitative estimate of drug-likeness (QED) is 0.458. The Labute approximate surface area is 112 Å². The largest absolute Gasteiger partial charge is 0.385 e. The van der Waals surface area contributed by atoms with Gasteiger partial charge >= 0.3 is 0 Å². The second-order valence-corrected chi connectivity index (χ2v) is 5.70. The van der Waals surface area contributed by atoms with Crippen LogP contribution >= 0.6 is 11.8 Å². The van der Waals surface area contributed by atoms with Gasteiger partial charge in [-0.1, -0.05) is 13.8 Å². The van der Waals surface area contributed by atoms with Crippen molar-refractivity contribution < 1.29 is 4.92 Å². The van der Waals surface area contributed by atoms with Gasteiger partial charge in [-0.05, 0) is 31.1 Å². The highest BCUT2D eigenvalue weighted by molar-refractivity contribution is 7.99. The lowest BCUT2D eigenvalue weighted by atomic mass is 10.2. The van der Waals surface area contributed by atoms with Crippen LogP contribution in [-0.4, -0.2) is 17.2 Å². The molecule has 1 rings (SSSR count). The van der Waals surface area contributed by atoms with E-state index in [1.807, 2.05) is 13.0 Å². The monoisotopic (exact) mass is 268 g/mol. The minimum absolute atomic E-state index is 0.153. The molecule has 0 unspecified atom stereocenters. The molecule has 0 amide bonds. The molecule has 4 nitrogen and oxygen atoms in total. The molecule has 0 aliphatic carbocycles. The van der Waals surface area contributed by atoms with Gasteiger partial charge in [-0.25, -0.2) is 0 Å². The molecule has 0 aliphatic heterocycles. The van der Waals surface area contributed by atoms with Gasteiger partial charge in [0.15, 0.2) is 0 Å². The van der Waals surface area contributed by atoms with E-state index in [0.29, 0.717) is 5.92 Å². The Morgan fingerprint density at radius 2 is 2.11 bits per heavy atom. The highest BCUT2D eigenvalue weighted by Crippen LogP contribution is 2.28. The average molecular weight is 268 g/mol. The van der Waals surface area contributed by atoms with E-state index >= 15 is 0 Å². The number of non-ortho nitro benzene ring substituents is 1. The molecule has 1 N–H and O–H groups in total. The lowest BCUT2D eigenvalue weighted by Crippen LogP contribution is -1.98. The van der Waals surface area contributed by atoms with Crippen LogP contribution in [0.4, 0.5) is 11.4 Å². The fourth-order valence-corrected chi connectivity index (χ4v) is 2.73. The third kappa shape index (κ3) is 4.96. The standard InChI is InChI=1S/C13H20N2O2S/c1-4-14-11-7-12(15(16)17)9-13(8-11)18-6-5-10(2)3/h7-10,14H,4-6H2,1-3H3. The number of hydrogen-bond acceptors (Lipinski definition) is 4. The predicted molar refractivity (Wildman–Crippen MR) is 77.4 cm³/mol. The Morgan fingerprint density at radius 1 is 1.39 bits per heavy atom. The van der Waals surface area contributed by atoms with Crippen LogP contribution in [0.5, 0.6) is 0 Å². The van der Waals surface area contributed by atoms with Crippen LogP contribution in [-0.2, 0) is 0 Å². The maximum Gasteiger partial charge on any atom is 0.272 e. The first kappa shape index (κ1) is 14.8. The number of benzene rings is 1. The summed E-state index contributed by atoms with van der Waals surface area (Å²) in [5.74, 6) is 1.65. The molecule has 0 saturated heterocycles. The van der Waals surface area contributed by atoms with E-state index in [9.17, 15) is 10.1 Å². The van der Waals surface area contributed by atoms with E-state index in [1.165, 1.54) is 0 Å². The first-order chi connectivity index (χ1) is 8.52. The molecule has 0 aromatic heterocycles. The van der Waals surface area contributed by atoms with Crippen molar-refractivity contribution in [1.29, 1.82) is 0 Å². The smallest absolute Gasteiger partial charge is 0.272 e. The molecule has 1 aromatic rings. The maximum absolute atomic E-state index is 10.9. The Morgan fingerprint density at radius 3 is 2.67 bits per heavy atom. The molecule has 0 saturated carbocycles. The lowest BCUT2D eigenvalue weighted by Gasteiger charge is -2.08. The van der Waals surface area contributed by atoms with Crippen LogP contribution in [0.3, 0.4) is 0 Å². The Kier molecular flexibility index (Phi) is 5.98. The summed E-state index contributed by atoms with van der Waals surface area (Å²) in [4.78, 5) is 11.5. The summed E-state index contributed by atoms with van der Waals surface area (Å²) in [5.41, 5.74) is 0.972. The van der Waals surface area contributed by atoms with E-state index in [4.69, 9.17) is 0 Å². The third-order valence-electron chi connectivity index (χ3n) is 2.45. The van der Waals surface area contributed by atoms with E-state index < -0.39 is 0 Å². The van der Waals surface area contributed by atoms with Gasteiger partial charge in [0.2, 0.25) is 0 Å². The molecule has 18 heavy (non-hydrogen) atoms. The first-order valence-corrected chi connectivity index (χ1v) is 7.17. The Balaban J connectivity index is 2.79. The SMILES string of the molecule is CCNc1cc(SCCC(C)C)cc([N+](=O)[O-])c1. The summed E-state index contributed by atoms with van der Waals surface area (Å²) in [5, 5.41) is 14.0. The molecular formula is C13H20N2O2S. The maximum atomic E-state index is 10.9. The van der Waals surface area contributed by atoms with E-state index in [0.717, 1.165) is 29.3 Å². The van der Waals surface area contributed by atoms with Crippen molar-refractivity contribution in [3.63, 3.8) is 0 Å². The summed E-state index contributed by atoms with van der Waals surface area (Å²) in [6, 6.07) is 5.20. The molecule has 0 aliphatic rings. The molecule has 1 aromatic carbocycles. The van der Waals surface area contributed by atoms with Crippen molar-refractivity contribution in [1.82, 2.24) is 0 Å². The highest BCUT2D eigenvalue weighted by Gasteiger charge is 2.10. The molecule has 5 heteroatoms. The molecule has 0 bridgehead atoms. The average Bonchev–Trinajstić information content (AvgIpc) is 2.28. The number of anilines is 1. The van der Waals surface area contributed by atoms with Crippen LogP contribution in [0.25, 0.3) is 0 Å². The number of hydrogen-bond donors (Lipinski definition) is 1. The van der Waals surface area contributed by atoms with E-state index in [2.05, 4.69) is 19.2 Å². The summed E-state index contributed by atoms with van der Waals surface area (Å²) in [7, 11) is 0. The van der Waals surface area contributed by atoms with Crippen LogP contribution in [0, 0.1) is 16.0 Å². The van der Waals surface area contributed by atoms with Gasteiger partial charge in [-0.2, -0.15) is 0 Å². The van der Waals surface area contributed by atoms with Crippen LogP contribution in [0.2, 0.25) is 0 Å². The topological polar surface area (TPSA) is 55.2 Å². The number of nitrogens with one attached hydrogen (secondary N) is 1. The van der Waals surface area contributed by atoms with Crippen molar-refractivity contribution >= 4 is 23.1 Å². The van der Waals surface area contributed by atoms with Crippen LogP contribution in [0.15, 0.2) is 23.1 Å². The zero-order valence-corrected chi connectivity index (χ0v) is 11.9. The number of nitro groups is 1. The van der Waals surface area contributed by atoms with Gasteiger partial charge in [0.05, 0.1) is 4.92 Å². The first-order valence-electron chi connectivity index (χ1n) is 6.19. The number of nitro benzene ring substituents is 1. The molecule has 0 radical (unpaired) electrons. The molecule has 0 atom stereocenters. The van der Waals surface area contributed by atoms with Crippen LogP contribution < -0.4 is 5.32 Å². The van der Waals surface area contributed by atoms with Crippen molar-refractivity contribution in [2.75, 3.05) is 17.6 Å². The zero-order valence-electron chi connectivity index (χ0n) is 11.1. The fourth-order valence-electron chi connectivity index (χ4n) is 1.49. The van der Waals surface area contributed by atoms with Crippen molar-refractivity contribution in [2.24, 2.45) is 5.92 Å². The Hall–Kier alpha value is -1.23. The summed E-state index contributed by atoms with van der Waals surface area (Å²) >= 11 is 1.68. The second-order valence-electron chi connectivity index (χ2n) is 4.53. The van der Waals surface area contributed by atoms with E-state index in [1.54, 1.807) is 23.9 Å². The number of rotatable bonds is 7. The number of thioether (sulfide) groups is 1. The molecular weight excluding hydrogens is 248 g/mol. The summed E-state index contributed by atoms with van der Waals surface area (Å²) in [6.45, 7) is 7.10. The zero-order chi connectivity index (χ0) is 13.5. The minimum atomic E-state index is -0.340. The van der Waals surface area contributed by atoms with Gasteiger partial charge in [0, 0.05) is 29.3 Å². The normalized spacial score (nSPS) is 10.7. The minimum Gasteiger partial charge on any atom is -0.385 e. The van der Waals surface area contributed by atoms with E-state index in [-0.39, 0.29) is 10.6 Å². The molecule has 0 heterocycles. The highest BCUT2D eigenvalue weighted by atomic mass is 32.2. The van der Waals surface area contributed by atoms with Gasteiger partial charge in [-0.3, -0.25) is 10.1 Å². The lowest BCUT2D eigenvalue weighted by molar-refractivity contribution is -0.385. The fraction of sp³-hybridized carbons (Fsp3) is 0.538. The second kappa shape index (κ2) is 7.26. The van der Waals surface area contributed by atoms with Crippen molar-refractivity contribution in [3.05, 3.63) is 28.3 Å². The molecule has 0 spiro atoms.